The van der Waals surface area contributed by atoms with Crippen LogP contribution in [0.4, 0.5) is 0 Å². The number of hydrogen-bond acceptors (Lipinski definition) is 3. The van der Waals surface area contributed by atoms with E-state index in [-0.39, 0.29) is 17.6 Å². The zero-order valence-electron chi connectivity index (χ0n) is 9.01. The molecular formula is C10H20N2O2. The second-order valence-electron chi connectivity index (χ2n) is 4.48. The fourth-order valence-electron chi connectivity index (χ4n) is 1.49. The highest BCUT2D eigenvalue weighted by molar-refractivity contribution is 5.77. The van der Waals surface area contributed by atoms with Gasteiger partial charge in [-0.25, -0.2) is 0 Å². The molecule has 1 unspecified atom stereocenters. The minimum Gasteiger partial charge on any atom is -0.378 e. The SMILES string of the molecule is CC(C)(CN)NC(=O)CC1CCCO1. The Morgan fingerprint density at radius 2 is 2.36 bits per heavy atom. The molecule has 0 radical (unpaired) electrons. The highest BCUT2D eigenvalue weighted by Gasteiger charge is 2.23. The van der Waals surface area contributed by atoms with E-state index in [2.05, 4.69) is 5.32 Å². The number of amides is 1. The third-order valence-electron chi connectivity index (χ3n) is 2.43. The molecule has 0 aromatic rings. The van der Waals surface area contributed by atoms with Crippen LogP contribution < -0.4 is 11.1 Å². The van der Waals surface area contributed by atoms with E-state index >= 15 is 0 Å². The molecule has 1 fully saturated rings. The van der Waals surface area contributed by atoms with Gasteiger partial charge in [-0.15, -0.1) is 0 Å². The molecule has 0 saturated carbocycles. The molecule has 0 spiro atoms. The Labute approximate surface area is 85.2 Å². The number of nitrogens with one attached hydrogen (secondary N) is 1. The van der Waals surface area contributed by atoms with Gasteiger partial charge in [-0.3, -0.25) is 4.79 Å². The molecule has 3 N–H and O–H groups in total. The molecule has 1 saturated heterocycles. The van der Waals surface area contributed by atoms with Crippen LogP contribution in [-0.4, -0.2) is 30.7 Å². The minimum absolute atomic E-state index is 0.0346. The predicted octanol–water partition coefficient (Wildman–Crippen LogP) is 0.409. The Kier molecular flexibility index (Phi) is 3.89. The molecule has 1 heterocycles. The zero-order valence-corrected chi connectivity index (χ0v) is 9.01. The molecule has 1 amide bonds. The van der Waals surface area contributed by atoms with Gasteiger partial charge in [0.1, 0.15) is 0 Å². The van der Waals surface area contributed by atoms with E-state index in [4.69, 9.17) is 10.5 Å². The monoisotopic (exact) mass is 200 g/mol. The highest BCUT2D eigenvalue weighted by Crippen LogP contribution is 2.15. The Morgan fingerprint density at radius 1 is 1.64 bits per heavy atom. The molecule has 1 rings (SSSR count). The summed E-state index contributed by atoms with van der Waals surface area (Å²) in [6, 6.07) is 0. The number of ether oxygens (including phenoxy) is 1. The first-order valence-corrected chi connectivity index (χ1v) is 5.16. The predicted molar refractivity (Wildman–Crippen MR) is 54.9 cm³/mol. The van der Waals surface area contributed by atoms with Crippen molar-refractivity contribution in [3.05, 3.63) is 0 Å². The summed E-state index contributed by atoms with van der Waals surface area (Å²) in [5.74, 6) is 0.0346. The van der Waals surface area contributed by atoms with Gasteiger partial charge in [-0.1, -0.05) is 0 Å². The van der Waals surface area contributed by atoms with Crippen LogP contribution in [0.3, 0.4) is 0 Å². The summed E-state index contributed by atoms with van der Waals surface area (Å²) in [6.45, 7) is 5.07. The summed E-state index contributed by atoms with van der Waals surface area (Å²) < 4.78 is 5.38. The van der Waals surface area contributed by atoms with Crippen LogP contribution in [-0.2, 0) is 9.53 Å². The van der Waals surface area contributed by atoms with Gasteiger partial charge in [0.05, 0.1) is 12.5 Å². The van der Waals surface area contributed by atoms with Gasteiger partial charge in [-0.2, -0.15) is 0 Å². The van der Waals surface area contributed by atoms with Crippen molar-refractivity contribution >= 4 is 5.91 Å². The van der Waals surface area contributed by atoms with Gasteiger partial charge in [0.25, 0.3) is 0 Å². The van der Waals surface area contributed by atoms with Crippen LogP contribution >= 0.6 is 0 Å². The number of rotatable bonds is 4. The molecular weight excluding hydrogens is 180 g/mol. The average molecular weight is 200 g/mol. The molecule has 1 aliphatic heterocycles. The summed E-state index contributed by atoms with van der Waals surface area (Å²) in [5.41, 5.74) is 5.21. The highest BCUT2D eigenvalue weighted by atomic mass is 16.5. The topological polar surface area (TPSA) is 64.3 Å². The van der Waals surface area contributed by atoms with Crippen molar-refractivity contribution in [2.45, 2.75) is 44.8 Å². The summed E-state index contributed by atoms with van der Waals surface area (Å²) in [4.78, 5) is 11.5. The Hall–Kier alpha value is -0.610. The fraction of sp³-hybridized carbons (Fsp3) is 0.900. The normalized spacial score (nSPS) is 22.4. The van der Waals surface area contributed by atoms with Crippen molar-refractivity contribution in [2.24, 2.45) is 5.73 Å². The van der Waals surface area contributed by atoms with Gasteiger partial charge in [-0.05, 0) is 26.7 Å². The van der Waals surface area contributed by atoms with Crippen LogP contribution in [0, 0.1) is 0 Å². The average Bonchev–Trinajstić information content (AvgIpc) is 2.55. The van der Waals surface area contributed by atoms with Crippen molar-refractivity contribution in [1.29, 1.82) is 0 Å². The van der Waals surface area contributed by atoms with Crippen LogP contribution in [0.5, 0.6) is 0 Å². The van der Waals surface area contributed by atoms with Crippen LogP contribution in [0.25, 0.3) is 0 Å². The third-order valence-corrected chi connectivity index (χ3v) is 2.43. The van der Waals surface area contributed by atoms with Gasteiger partial charge in [0, 0.05) is 18.7 Å². The smallest absolute Gasteiger partial charge is 0.223 e. The molecule has 1 aliphatic rings. The quantitative estimate of drug-likeness (QED) is 0.691. The van der Waals surface area contributed by atoms with Crippen LogP contribution in [0.15, 0.2) is 0 Å². The van der Waals surface area contributed by atoms with E-state index in [0.29, 0.717) is 13.0 Å². The summed E-state index contributed by atoms with van der Waals surface area (Å²) in [7, 11) is 0. The van der Waals surface area contributed by atoms with Crippen LogP contribution in [0.1, 0.15) is 33.1 Å². The van der Waals surface area contributed by atoms with Gasteiger partial charge in [0.2, 0.25) is 5.91 Å². The van der Waals surface area contributed by atoms with E-state index in [0.717, 1.165) is 19.4 Å². The van der Waals surface area contributed by atoms with E-state index in [9.17, 15) is 4.79 Å². The van der Waals surface area contributed by atoms with E-state index in [1.165, 1.54) is 0 Å². The van der Waals surface area contributed by atoms with Crippen LogP contribution in [0.2, 0.25) is 0 Å². The van der Waals surface area contributed by atoms with Crippen molar-refractivity contribution in [3.8, 4) is 0 Å². The molecule has 1 atom stereocenters. The van der Waals surface area contributed by atoms with E-state index in [1.54, 1.807) is 0 Å². The summed E-state index contributed by atoms with van der Waals surface area (Å²) in [6.07, 6.45) is 2.64. The molecule has 0 aromatic heterocycles. The second-order valence-corrected chi connectivity index (χ2v) is 4.48. The van der Waals surface area contributed by atoms with E-state index in [1.807, 2.05) is 13.8 Å². The van der Waals surface area contributed by atoms with Crippen molar-refractivity contribution in [3.63, 3.8) is 0 Å². The maximum Gasteiger partial charge on any atom is 0.223 e. The molecule has 0 bridgehead atoms. The number of hydrogen-bond donors (Lipinski definition) is 2. The van der Waals surface area contributed by atoms with Gasteiger partial charge < -0.3 is 15.8 Å². The van der Waals surface area contributed by atoms with E-state index < -0.39 is 0 Å². The van der Waals surface area contributed by atoms with Crippen molar-refractivity contribution in [1.82, 2.24) is 5.32 Å². The number of nitrogens with two attached hydrogens (primary N) is 1. The lowest BCUT2D eigenvalue weighted by atomic mass is 10.1. The standard InChI is InChI=1S/C10H20N2O2/c1-10(2,7-11)12-9(13)6-8-4-3-5-14-8/h8H,3-7,11H2,1-2H3,(H,12,13). The molecule has 14 heavy (non-hydrogen) atoms. The lowest BCUT2D eigenvalue weighted by molar-refractivity contribution is -0.124. The first-order chi connectivity index (χ1) is 6.53. The largest absolute Gasteiger partial charge is 0.378 e. The maximum atomic E-state index is 11.5. The van der Waals surface area contributed by atoms with Gasteiger partial charge >= 0.3 is 0 Å². The second kappa shape index (κ2) is 4.75. The van der Waals surface area contributed by atoms with Gasteiger partial charge in [0.15, 0.2) is 0 Å². The number of carbonyl (C=O) groups is 1. The number of carbonyl (C=O) groups excluding carboxylic acids is 1. The molecule has 4 nitrogen and oxygen atoms in total. The van der Waals surface area contributed by atoms with Crippen molar-refractivity contribution < 1.29 is 9.53 Å². The molecule has 0 aromatic carbocycles. The minimum atomic E-state index is -0.310. The molecule has 4 heteroatoms. The third kappa shape index (κ3) is 3.64. The summed E-state index contributed by atoms with van der Waals surface area (Å²) >= 11 is 0. The summed E-state index contributed by atoms with van der Waals surface area (Å²) in [5, 5.41) is 2.89. The maximum absolute atomic E-state index is 11.5. The molecule has 0 aliphatic carbocycles. The molecule has 82 valence electrons. The van der Waals surface area contributed by atoms with Crippen molar-refractivity contribution in [2.75, 3.05) is 13.2 Å². The first-order valence-electron chi connectivity index (χ1n) is 5.16. The fourth-order valence-corrected chi connectivity index (χ4v) is 1.49. The lowest BCUT2D eigenvalue weighted by Gasteiger charge is -2.24. The Bertz CT molecular complexity index is 198. The first kappa shape index (κ1) is 11.5. The zero-order chi connectivity index (χ0) is 10.6. The lowest BCUT2D eigenvalue weighted by Crippen LogP contribution is -2.49. The Morgan fingerprint density at radius 3 is 2.86 bits per heavy atom. The Balaban J connectivity index is 2.27.